The lowest BCUT2D eigenvalue weighted by molar-refractivity contribution is -0.130. The SMILES string of the molecule is CC(CS(C)(=O)=O)N1C(=O)CNC1C1CCCC1. The number of rotatable bonds is 4. The number of amides is 1. The molecule has 1 saturated carbocycles. The topological polar surface area (TPSA) is 66.5 Å². The van der Waals surface area contributed by atoms with E-state index >= 15 is 0 Å². The third-order valence-electron chi connectivity index (χ3n) is 3.92. The maximum Gasteiger partial charge on any atom is 0.238 e. The zero-order valence-corrected chi connectivity index (χ0v) is 11.9. The van der Waals surface area contributed by atoms with E-state index in [0.717, 1.165) is 12.8 Å². The van der Waals surface area contributed by atoms with Crippen LogP contribution in [0.15, 0.2) is 0 Å². The molecule has 0 aromatic carbocycles. The third kappa shape index (κ3) is 3.03. The normalized spacial score (nSPS) is 28.0. The summed E-state index contributed by atoms with van der Waals surface area (Å²) in [7, 11) is -3.05. The zero-order chi connectivity index (χ0) is 13.3. The largest absolute Gasteiger partial charge is 0.322 e. The highest BCUT2D eigenvalue weighted by Crippen LogP contribution is 2.31. The minimum atomic E-state index is -3.05. The summed E-state index contributed by atoms with van der Waals surface area (Å²) < 4.78 is 22.7. The van der Waals surface area contributed by atoms with E-state index in [0.29, 0.717) is 12.5 Å². The average molecular weight is 274 g/mol. The molecule has 5 nitrogen and oxygen atoms in total. The summed E-state index contributed by atoms with van der Waals surface area (Å²) in [5, 5.41) is 3.25. The molecule has 2 rings (SSSR count). The van der Waals surface area contributed by atoms with Crippen LogP contribution in [0.2, 0.25) is 0 Å². The molecule has 1 amide bonds. The van der Waals surface area contributed by atoms with Crippen LogP contribution in [0.25, 0.3) is 0 Å². The van der Waals surface area contributed by atoms with Gasteiger partial charge in [-0.25, -0.2) is 8.42 Å². The molecular formula is C12H22N2O3S. The van der Waals surface area contributed by atoms with Crippen LogP contribution in [0.5, 0.6) is 0 Å². The van der Waals surface area contributed by atoms with Crippen LogP contribution in [0, 0.1) is 5.92 Å². The van der Waals surface area contributed by atoms with Gasteiger partial charge in [0.1, 0.15) is 9.84 Å². The number of carbonyl (C=O) groups is 1. The smallest absolute Gasteiger partial charge is 0.238 e. The van der Waals surface area contributed by atoms with Crippen LogP contribution in [0.1, 0.15) is 32.6 Å². The van der Waals surface area contributed by atoms with Gasteiger partial charge in [-0.2, -0.15) is 0 Å². The van der Waals surface area contributed by atoms with Crippen molar-refractivity contribution in [2.24, 2.45) is 5.92 Å². The van der Waals surface area contributed by atoms with Crippen LogP contribution in [0.4, 0.5) is 0 Å². The van der Waals surface area contributed by atoms with E-state index in [9.17, 15) is 13.2 Å². The van der Waals surface area contributed by atoms with Gasteiger partial charge in [0.2, 0.25) is 5.91 Å². The summed E-state index contributed by atoms with van der Waals surface area (Å²) in [6, 6.07) is -0.243. The van der Waals surface area contributed by atoms with Crippen molar-refractivity contribution in [1.82, 2.24) is 10.2 Å². The fourth-order valence-corrected chi connectivity index (χ4v) is 4.28. The van der Waals surface area contributed by atoms with Gasteiger partial charge in [-0.15, -0.1) is 0 Å². The molecule has 0 aromatic heterocycles. The lowest BCUT2D eigenvalue weighted by atomic mass is 10.0. The Hall–Kier alpha value is -0.620. The standard InChI is InChI=1S/C12H22N2O3S/c1-9(8-18(2,16)17)14-11(15)7-13-12(14)10-5-3-4-6-10/h9-10,12-13H,3-8H2,1-2H3. The first-order valence-electron chi connectivity index (χ1n) is 6.61. The number of hydrogen-bond acceptors (Lipinski definition) is 4. The summed E-state index contributed by atoms with van der Waals surface area (Å²) in [5.41, 5.74) is 0. The van der Waals surface area contributed by atoms with Crippen LogP contribution < -0.4 is 5.32 Å². The number of carbonyl (C=O) groups excluding carboxylic acids is 1. The van der Waals surface area contributed by atoms with Crippen LogP contribution in [0.3, 0.4) is 0 Å². The molecule has 2 fully saturated rings. The predicted molar refractivity (Wildman–Crippen MR) is 69.8 cm³/mol. The van der Waals surface area contributed by atoms with E-state index in [1.54, 1.807) is 4.90 Å². The van der Waals surface area contributed by atoms with Gasteiger partial charge in [-0.3, -0.25) is 10.1 Å². The van der Waals surface area contributed by atoms with E-state index in [4.69, 9.17) is 0 Å². The van der Waals surface area contributed by atoms with Crippen molar-refractivity contribution < 1.29 is 13.2 Å². The summed E-state index contributed by atoms with van der Waals surface area (Å²) in [5.74, 6) is 0.561. The Morgan fingerprint density at radius 3 is 2.56 bits per heavy atom. The molecule has 2 atom stereocenters. The second-order valence-electron chi connectivity index (χ2n) is 5.61. The van der Waals surface area contributed by atoms with Gasteiger partial charge < -0.3 is 4.90 Å². The fourth-order valence-electron chi connectivity index (χ4n) is 3.24. The molecule has 2 aliphatic rings. The lowest BCUT2D eigenvalue weighted by Gasteiger charge is -2.33. The Bertz CT molecular complexity index is 415. The molecule has 1 saturated heterocycles. The van der Waals surface area contributed by atoms with Crippen molar-refractivity contribution in [2.45, 2.75) is 44.8 Å². The van der Waals surface area contributed by atoms with Crippen molar-refractivity contribution in [3.05, 3.63) is 0 Å². The quantitative estimate of drug-likeness (QED) is 0.804. The van der Waals surface area contributed by atoms with E-state index in [1.165, 1.54) is 19.1 Å². The second kappa shape index (κ2) is 5.17. The van der Waals surface area contributed by atoms with Gasteiger partial charge in [0.05, 0.1) is 18.5 Å². The monoisotopic (exact) mass is 274 g/mol. The molecule has 0 spiro atoms. The van der Waals surface area contributed by atoms with E-state index < -0.39 is 9.84 Å². The average Bonchev–Trinajstić information content (AvgIpc) is 2.82. The molecule has 0 bridgehead atoms. The Labute approximate surface area is 109 Å². The Morgan fingerprint density at radius 1 is 1.39 bits per heavy atom. The first-order valence-corrected chi connectivity index (χ1v) is 8.67. The van der Waals surface area contributed by atoms with Gasteiger partial charge in [-0.05, 0) is 25.7 Å². The van der Waals surface area contributed by atoms with E-state index in [-0.39, 0.29) is 23.9 Å². The number of nitrogens with one attached hydrogen (secondary N) is 1. The highest BCUT2D eigenvalue weighted by atomic mass is 32.2. The Morgan fingerprint density at radius 2 is 2.00 bits per heavy atom. The molecule has 1 N–H and O–H groups in total. The first kappa shape index (κ1) is 13.8. The van der Waals surface area contributed by atoms with E-state index in [2.05, 4.69) is 5.32 Å². The third-order valence-corrected chi connectivity index (χ3v) is 5.00. The maximum atomic E-state index is 11.9. The molecule has 0 radical (unpaired) electrons. The molecule has 6 heteroatoms. The fraction of sp³-hybridized carbons (Fsp3) is 0.917. The lowest BCUT2D eigenvalue weighted by Crippen LogP contribution is -2.49. The maximum absolute atomic E-state index is 11.9. The van der Waals surface area contributed by atoms with Crippen molar-refractivity contribution in [1.29, 1.82) is 0 Å². The molecule has 2 unspecified atom stereocenters. The zero-order valence-electron chi connectivity index (χ0n) is 11.1. The van der Waals surface area contributed by atoms with Crippen molar-refractivity contribution in [2.75, 3.05) is 18.6 Å². The van der Waals surface area contributed by atoms with Crippen LogP contribution in [-0.4, -0.2) is 50.0 Å². The molecule has 1 aliphatic carbocycles. The number of hydrogen-bond donors (Lipinski definition) is 1. The van der Waals surface area contributed by atoms with Gasteiger partial charge in [0.25, 0.3) is 0 Å². The molecule has 1 heterocycles. The molecule has 18 heavy (non-hydrogen) atoms. The predicted octanol–water partition coefficient (Wildman–Crippen LogP) is 0.368. The molecular weight excluding hydrogens is 252 g/mol. The minimum absolute atomic E-state index is 0.0306. The van der Waals surface area contributed by atoms with Gasteiger partial charge >= 0.3 is 0 Å². The summed E-state index contributed by atoms with van der Waals surface area (Å²) in [6.45, 7) is 2.17. The van der Waals surface area contributed by atoms with Crippen LogP contribution in [-0.2, 0) is 14.6 Å². The Balaban J connectivity index is 2.09. The Kier molecular flexibility index (Phi) is 3.96. The van der Waals surface area contributed by atoms with Gasteiger partial charge in [-0.1, -0.05) is 12.8 Å². The van der Waals surface area contributed by atoms with Gasteiger partial charge in [0, 0.05) is 12.3 Å². The van der Waals surface area contributed by atoms with Crippen molar-refractivity contribution >= 4 is 15.7 Å². The van der Waals surface area contributed by atoms with Crippen molar-refractivity contribution in [3.8, 4) is 0 Å². The number of sulfone groups is 1. The summed E-state index contributed by atoms with van der Waals surface area (Å²) in [6.07, 6.45) is 5.95. The summed E-state index contributed by atoms with van der Waals surface area (Å²) >= 11 is 0. The second-order valence-corrected chi connectivity index (χ2v) is 7.80. The van der Waals surface area contributed by atoms with Crippen molar-refractivity contribution in [3.63, 3.8) is 0 Å². The molecule has 0 aromatic rings. The first-order chi connectivity index (χ1) is 8.38. The summed E-state index contributed by atoms with van der Waals surface area (Å²) in [4.78, 5) is 13.7. The van der Waals surface area contributed by atoms with Crippen LogP contribution >= 0.6 is 0 Å². The van der Waals surface area contributed by atoms with Gasteiger partial charge in [0.15, 0.2) is 0 Å². The highest BCUT2D eigenvalue weighted by molar-refractivity contribution is 7.90. The van der Waals surface area contributed by atoms with E-state index in [1.807, 2.05) is 6.92 Å². The minimum Gasteiger partial charge on any atom is -0.322 e. The molecule has 104 valence electrons. The highest BCUT2D eigenvalue weighted by Gasteiger charge is 2.40. The molecule has 1 aliphatic heterocycles. The number of nitrogens with zero attached hydrogens (tertiary/aromatic N) is 1.